The molecule has 1 nitrogen and oxygen atoms in total. The SMILES string of the molecule is Nc1cc2cc(I)ccc2cc1Br. The van der Waals surface area contributed by atoms with E-state index in [-0.39, 0.29) is 0 Å². The van der Waals surface area contributed by atoms with E-state index in [1.807, 2.05) is 12.1 Å². The summed E-state index contributed by atoms with van der Waals surface area (Å²) in [4.78, 5) is 0. The predicted octanol–water partition coefficient (Wildman–Crippen LogP) is 3.79. The lowest BCUT2D eigenvalue weighted by Crippen LogP contribution is -1.86. The first-order chi connectivity index (χ1) is 6.16. The van der Waals surface area contributed by atoms with Crippen molar-refractivity contribution >= 4 is 55.0 Å². The van der Waals surface area contributed by atoms with E-state index in [1.165, 1.54) is 14.3 Å². The normalized spacial score (nSPS) is 10.6. The number of hydrogen-bond acceptors (Lipinski definition) is 1. The Morgan fingerprint density at radius 2 is 1.85 bits per heavy atom. The van der Waals surface area contributed by atoms with Crippen LogP contribution in [0.25, 0.3) is 10.8 Å². The second-order valence-electron chi connectivity index (χ2n) is 2.87. The largest absolute Gasteiger partial charge is 0.398 e. The number of hydrogen-bond donors (Lipinski definition) is 1. The molecule has 0 fully saturated rings. The van der Waals surface area contributed by atoms with Crippen LogP contribution in [0.1, 0.15) is 0 Å². The molecule has 2 aromatic rings. The van der Waals surface area contributed by atoms with Gasteiger partial charge in [0.1, 0.15) is 0 Å². The third kappa shape index (κ3) is 1.81. The average Bonchev–Trinajstić information content (AvgIpc) is 2.08. The van der Waals surface area contributed by atoms with Crippen molar-refractivity contribution in [1.29, 1.82) is 0 Å². The molecule has 2 rings (SSSR count). The van der Waals surface area contributed by atoms with Crippen LogP contribution in [0.5, 0.6) is 0 Å². The Morgan fingerprint density at radius 1 is 1.08 bits per heavy atom. The van der Waals surface area contributed by atoms with Crippen molar-refractivity contribution in [2.75, 3.05) is 5.73 Å². The van der Waals surface area contributed by atoms with Crippen LogP contribution in [0.3, 0.4) is 0 Å². The third-order valence-electron chi connectivity index (χ3n) is 1.92. The summed E-state index contributed by atoms with van der Waals surface area (Å²) in [6, 6.07) is 10.3. The van der Waals surface area contributed by atoms with Crippen LogP contribution in [0.15, 0.2) is 34.8 Å². The van der Waals surface area contributed by atoms with E-state index >= 15 is 0 Å². The van der Waals surface area contributed by atoms with E-state index in [4.69, 9.17) is 5.73 Å². The molecule has 0 heterocycles. The Balaban J connectivity index is 2.81. The summed E-state index contributed by atoms with van der Waals surface area (Å²) in [5.41, 5.74) is 6.57. The topological polar surface area (TPSA) is 26.0 Å². The zero-order valence-electron chi connectivity index (χ0n) is 6.72. The Kier molecular flexibility index (Phi) is 2.47. The Labute approximate surface area is 98.6 Å². The molecule has 0 spiro atoms. The van der Waals surface area contributed by atoms with Gasteiger partial charge in [-0.3, -0.25) is 0 Å². The van der Waals surface area contributed by atoms with Crippen molar-refractivity contribution in [3.63, 3.8) is 0 Å². The fraction of sp³-hybridized carbons (Fsp3) is 0. The van der Waals surface area contributed by atoms with E-state index in [0.717, 1.165) is 10.2 Å². The Morgan fingerprint density at radius 3 is 2.62 bits per heavy atom. The Hall–Kier alpha value is -0.290. The van der Waals surface area contributed by atoms with Gasteiger partial charge in [0.25, 0.3) is 0 Å². The molecule has 0 aliphatic heterocycles. The van der Waals surface area contributed by atoms with Gasteiger partial charge < -0.3 is 5.73 Å². The average molecular weight is 348 g/mol. The van der Waals surface area contributed by atoms with Crippen LogP contribution in [0.2, 0.25) is 0 Å². The van der Waals surface area contributed by atoms with Crippen LogP contribution < -0.4 is 5.73 Å². The van der Waals surface area contributed by atoms with Gasteiger partial charge in [0.05, 0.1) is 0 Å². The number of halogens is 2. The van der Waals surface area contributed by atoms with Gasteiger partial charge in [-0.1, -0.05) is 6.07 Å². The molecule has 3 heteroatoms. The lowest BCUT2D eigenvalue weighted by atomic mass is 10.1. The molecule has 0 amide bonds. The molecular formula is C10H7BrIN. The van der Waals surface area contributed by atoms with Gasteiger partial charge in [-0.05, 0) is 73.6 Å². The van der Waals surface area contributed by atoms with Gasteiger partial charge in [-0.15, -0.1) is 0 Å². The zero-order chi connectivity index (χ0) is 9.42. The third-order valence-corrected chi connectivity index (χ3v) is 3.28. The van der Waals surface area contributed by atoms with E-state index in [2.05, 4.69) is 56.7 Å². The van der Waals surface area contributed by atoms with Crippen LogP contribution in [-0.4, -0.2) is 0 Å². The van der Waals surface area contributed by atoms with Gasteiger partial charge in [0, 0.05) is 13.7 Å². The highest BCUT2D eigenvalue weighted by Crippen LogP contribution is 2.27. The number of anilines is 1. The standard InChI is InChI=1S/C10H7BrIN/c11-9-4-6-1-2-8(12)3-7(6)5-10(9)13/h1-5H,13H2. The first-order valence-corrected chi connectivity index (χ1v) is 5.68. The summed E-state index contributed by atoms with van der Waals surface area (Å²) in [5.74, 6) is 0. The fourth-order valence-corrected chi connectivity index (χ4v) is 2.13. The lowest BCUT2D eigenvalue weighted by Gasteiger charge is -2.02. The van der Waals surface area contributed by atoms with Crippen molar-refractivity contribution in [3.05, 3.63) is 38.4 Å². The maximum atomic E-state index is 5.79. The van der Waals surface area contributed by atoms with Crippen molar-refractivity contribution in [1.82, 2.24) is 0 Å². The molecule has 0 saturated carbocycles. The van der Waals surface area contributed by atoms with Crippen molar-refractivity contribution in [2.24, 2.45) is 0 Å². The highest BCUT2D eigenvalue weighted by Gasteiger charge is 1.99. The maximum absolute atomic E-state index is 5.79. The van der Waals surface area contributed by atoms with Gasteiger partial charge in [-0.2, -0.15) is 0 Å². The van der Waals surface area contributed by atoms with E-state index in [9.17, 15) is 0 Å². The second-order valence-corrected chi connectivity index (χ2v) is 4.97. The fourth-order valence-electron chi connectivity index (χ4n) is 1.26. The van der Waals surface area contributed by atoms with E-state index < -0.39 is 0 Å². The molecule has 0 radical (unpaired) electrons. The summed E-state index contributed by atoms with van der Waals surface area (Å²) >= 11 is 5.70. The van der Waals surface area contributed by atoms with Gasteiger partial charge in [0.15, 0.2) is 0 Å². The monoisotopic (exact) mass is 347 g/mol. The summed E-state index contributed by atoms with van der Waals surface area (Å²) in [7, 11) is 0. The number of nitrogen functional groups attached to an aromatic ring is 1. The number of rotatable bonds is 0. The molecule has 66 valence electrons. The molecule has 0 atom stereocenters. The minimum Gasteiger partial charge on any atom is -0.398 e. The molecule has 13 heavy (non-hydrogen) atoms. The highest BCUT2D eigenvalue weighted by atomic mass is 127. The summed E-state index contributed by atoms with van der Waals surface area (Å²) in [6.45, 7) is 0. The number of fused-ring (bicyclic) bond motifs is 1. The summed E-state index contributed by atoms with van der Waals surface area (Å²) in [5, 5.41) is 2.40. The zero-order valence-corrected chi connectivity index (χ0v) is 10.5. The molecule has 0 aliphatic rings. The van der Waals surface area contributed by atoms with Crippen LogP contribution in [-0.2, 0) is 0 Å². The van der Waals surface area contributed by atoms with Crippen LogP contribution >= 0.6 is 38.5 Å². The molecule has 0 unspecified atom stereocenters. The quantitative estimate of drug-likeness (QED) is 0.569. The van der Waals surface area contributed by atoms with Crippen molar-refractivity contribution in [2.45, 2.75) is 0 Å². The number of benzene rings is 2. The molecule has 0 aliphatic carbocycles. The predicted molar refractivity (Wildman–Crippen MR) is 68.8 cm³/mol. The number of nitrogens with two attached hydrogens (primary N) is 1. The molecule has 2 N–H and O–H groups in total. The minimum absolute atomic E-state index is 0.787. The van der Waals surface area contributed by atoms with Gasteiger partial charge in [-0.25, -0.2) is 0 Å². The van der Waals surface area contributed by atoms with Crippen molar-refractivity contribution in [3.8, 4) is 0 Å². The molecule has 0 bridgehead atoms. The van der Waals surface area contributed by atoms with E-state index in [1.54, 1.807) is 0 Å². The molecule has 0 aromatic heterocycles. The van der Waals surface area contributed by atoms with Crippen molar-refractivity contribution < 1.29 is 0 Å². The maximum Gasteiger partial charge on any atom is 0.0464 e. The molecular weight excluding hydrogens is 341 g/mol. The summed E-state index contributed by atoms with van der Waals surface area (Å²) < 4.78 is 2.19. The highest BCUT2D eigenvalue weighted by molar-refractivity contribution is 14.1. The lowest BCUT2D eigenvalue weighted by molar-refractivity contribution is 1.65. The van der Waals surface area contributed by atoms with Crippen LogP contribution in [0.4, 0.5) is 5.69 Å². The first kappa shape index (κ1) is 9.27. The summed E-state index contributed by atoms with van der Waals surface area (Å²) in [6.07, 6.45) is 0. The molecule has 2 aromatic carbocycles. The molecule has 0 saturated heterocycles. The second kappa shape index (κ2) is 3.46. The van der Waals surface area contributed by atoms with Crippen LogP contribution in [0, 0.1) is 3.57 Å². The van der Waals surface area contributed by atoms with Gasteiger partial charge in [0.2, 0.25) is 0 Å². The minimum atomic E-state index is 0.787. The smallest absolute Gasteiger partial charge is 0.0464 e. The van der Waals surface area contributed by atoms with Gasteiger partial charge >= 0.3 is 0 Å². The van der Waals surface area contributed by atoms with E-state index in [0.29, 0.717) is 0 Å². The Bertz CT molecular complexity index is 468. The first-order valence-electron chi connectivity index (χ1n) is 3.81.